The third kappa shape index (κ3) is 5.72. The lowest BCUT2D eigenvalue weighted by Crippen LogP contribution is -2.43. The molecule has 1 N–H and O–H groups in total. The maximum atomic E-state index is 13.1. The van der Waals surface area contributed by atoms with Crippen LogP contribution < -0.4 is 14.8 Å². The Morgan fingerprint density at radius 3 is 2.87 bits per heavy atom. The first-order valence-corrected chi connectivity index (χ1v) is 11.2. The van der Waals surface area contributed by atoms with Crippen molar-refractivity contribution in [2.45, 2.75) is 33.1 Å². The summed E-state index contributed by atoms with van der Waals surface area (Å²) in [5.74, 6) is 1.29. The number of benzene rings is 1. The standard InChI is InChI=1S/C22H29N3O4S/c1-15(2)8-11-29-18-7-6-16(13-19(18)28-3)21(27)25-10-4-5-17(14-25)20(26)24-22-23-9-12-30-22/h6-7,9,12-13,15,17H,4-5,8,10-11,14H2,1-3H3,(H,23,24,26). The molecule has 1 aromatic carbocycles. The molecule has 8 heteroatoms. The number of carbonyl (C=O) groups is 2. The minimum atomic E-state index is -0.243. The van der Waals surface area contributed by atoms with Gasteiger partial charge in [-0.3, -0.25) is 9.59 Å². The van der Waals surface area contributed by atoms with Crippen molar-refractivity contribution in [3.8, 4) is 11.5 Å². The number of methoxy groups -OCH3 is 1. The summed E-state index contributed by atoms with van der Waals surface area (Å²) in [4.78, 5) is 31.4. The van der Waals surface area contributed by atoms with Crippen LogP contribution in [0.3, 0.4) is 0 Å². The summed E-state index contributed by atoms with van der Waals surface area (Å²) in [6.07, 6.45) is 4.14. The number of nitrogens with one attached hydrogen (secondary N) is 1. The maximum absolute atomic E-state index is 13.1. The normalized spacial score (nSPS) is 16.4. The average Bonchev–Trinajstić information content (AvgIpc) is 3.26. The minimum absolute atomic E-state index is 0.0890. The number of hydrogen-bond donors (Lipinski definition) is 1. The fourth-order valence-corrected chi connectivity index (χ4v) is 3.91. The first-order valence-electron chi connectivity index (χ1n) is 10.3. The van der Waals surface area contributed by atoms with Crippen LogP contribution in [-0.2, 0) is 4.79 Å². The van der Waals surface area contributed by atoms with E-state index in [1.54, 1.807) is 36.4 Å². The molecule has 0 bridgehead atoms. The van der Waals surface area contributed by atoms with E-state index in [2.05, 4.69) is 24.1 Å². The van der Waals surface area contributed by atoms with Gasteiger partial charge in [-0.1, -0.05) is 13.8 Å². The summed E-state index contributed by atoms with van der Waals surface area (Å²) in [5.41, 5.74) is 0.532. The molecule has 1 aliphatic rings. The van der Waals surface area contributed by atoms with Crippen LogP contribution in [-0.4, -0.2) is 48.5 Å². The van der Waals surface area contributed by atoms with Crippen molar-refractivity contribution < 1.29 is 19.1 Å². The Bertz CT molecular complexity index is 854. The molecular formula is C22H29N3O4S. The molecule has 0 radical (unpaired) electrons. The number of aromatic nitrogens is 1. The Morgan fingerprint density at radius 2 is 2.17 bits per heavy atom. The topological polar surface area (TPSA) is 80.8 Å². The number of anilines is 1. The predicted molar refractivity (Wildman–Crippen MR) is 117 cm³/mol. The lowest BCUT2D eigenvalue weighted by atomic mass is 9.96. The van der Waals surface area contributed by atoms with E-state index in [0.29, 0.717) is 47.8 Å². The molecular weight excluding hydrogens is 402 g/mol. The van der Waals surface area contributed by atoms with E-state index >= 15 is 0 Å². The Kier molecular flexibility index (Phi) is 7.68. The van der Waals surface area contributed by atoms with Crippen LogP contribution in [0.25, 0.3) is 0 Å². The van der Waals surface area contributed by atoms with Crippen LogP contribution in [0.4, 0.5) is 5.13 Å². The molecule has 162 valence electrons. The van der Waals surface area contributed by atoms with Crippen LogP contribution in [0, 0.1) is 11.8 Å². The number of piperidine rings is 1. The van der Waals surface area contributed by atoms with Crippen LogP contribution >= 0.6 is 11.3 Å². The zero-order valence-corrected chi connectivity index (χ0v) is 18.5. The second-order valence-corrected chi connectivity index (χ2v) is 8.71. The molecule has 0 aliphatic carbocycles. The first-order chi connectivity index (χ1) is 14.5. The van der Waals surface area contributed by atoms with Gasteiger partial charge in [0.15, 0.2) is 16.6 Å². The molecule has 3 rings (SSSR count). The van der Waals surface area contributed by atoms with Crippen molar-refractivity contribution in [1.82, 2.24) is 9.88 Å². The number of thiazole rings is 1. The molecule has 1 unspecified atom stereocenters. The molecule has 0 saturated carbocycles. The third-order valence-corrected chi connectivity index (χ3v) is 5.79. The number of ether oxygens (including phenoxy) is 2. The molecule has 30 heavy (non-hydrogen) atoms. The highest BCUT2D eigenvalue weighted by molar-refractivity contribution is 7.13. The first kappa shape index (κ1) is 22.1. The number of amides is 2. The molecule has 2 aromatic rings. The average molecular weight is 432 g/mol. The van der Waals surface area contributed by atoms with Crippen molar-refractivity contribution >= 4 is 28.3 Å². The van der Waals surface area contributed by atoms with Gasteiger partial charge in [0.1, 0.15) is 0 Å². The third-order valence-electron chi connectivity index (χ3n) is 5.11. The van der Waals surface area contributed by atoms with Crippen molar-refractivity contribution in [2.24, 2.45) is 11.8 Å². The van der Waals surface area contributed by atoms with E-state index in [4.69, 9.17) is 9.47 Å². The number of carbonyl (C=O) groups excluding carboxylic acids is 2. The van der Waals surface area contributed by atoms with E-state index in [1.807, 2.05) is 5.38 Å². The van der Waals surface area contributed by atoms with Gasteiger partial charge < -0.3 is 19.7 Å². The van der Waals surface area contributed by atoms with E-state index in [0.717, 1.165) is 19.3 Å². The number of nitrogens with zero attached hydrogens (tertiary/aromatic N) is 2. The summed E-state index contributed by atoms with van der Waals surface area (Å²) < 4.78 is 11.2. The molecule has 1 saturated heterocycles. The number of hydrogen-bond acceptors (Lipinski definition) is 6. The summed E-state index contributed by atoms with van der Waals surface area (Å²) in [6, 6.07) is 5.25. The molecule has 1 aromatic heterocycles. The molecule has 0 spiro atoms. The van der Waals surface area contributed by atoms with Gasteiger partial charge in [-0.05, 0) is 43.4 Å². The Balaban J connectivity index is 1.64. The van der Waals surface area contributed by atoms with E-state index < -0.39 is 0 Å². The van der Waals surface area contributed by atoms with Gasteiger partial charge in [0, 0.05) is 30.2 Å². The lowest BCUT2D eigenvalue weighted by molar-refractivity contribution is -0.121. The van der Waals surface area contributed by atoms with Crippen molar-refractivity contribution in [2.75, 3.05) is 32.1 Å². The van der Waals surface area contributed by atoms with Gasteiger partial charge in [0.25, 0.3) is 5.91 Å². The quantitative estimate of drug-likeness (QED) is 0.682. The predicted octanol–water partition coefficient (Wildman–Crippen LogP) is 4.07. The highest BCUT2D eigenvalue weighted by Gasteiger charge is 2.29. The minimum Gasteiger partial charge on any atom is -0.493 e. The SMILES string of the molecule is COc1cc(C(=O)N2CCCC(C(=O)Nc3nccs3)C2)ccc1OCCC(C)C. The summed E-state index contributed by atoms with van der Waals surface area (Å²) >= 11 is 1.38. The fourth-order valence-electron chi connectivity index (χ4n) is 3.38. The molecule has 1 aliphatic heterocycles. The van der Waals surface area contributed by atoms with Crippen LogP contribution in [0.15, 0.2) is 29.8 Å². The van der Waals surface area contributed by atoms with E-state index in [9.17, 15) is 9.59 Å². The Hall–Kier alpha value is -2.61. The van der Waals surface area contributed by atoms with Gasteiger partial charge in [-0.25, -0.2) is 4.98 Å². The van der Waals surface area contributed by atoms with Crippen molar-refractivity contribution in [3.63, 3.8) is 0 Å². The molecule has 1 fully saturated rings. The smallest absolute Gasteiger partial charge is 0.254 e. The highest BCUT2D eigenvalue weighted by Crippen LogP contribution is 2.30. The molecule has 2 amide bonds. The van der Waals surface area contributed by atoms with Crippen LogP contribution in [0.2, 0.25) is 0 Å². The number of likely N-dealkylation sites (tertiary alicyclic amines) is 1. The Labute approximate surface area is 181 Å². The monoisotopic (exact) mass is 431 g/mol. The maximum Gasteiger partial charge on any atom is 0.254 e. The van der Waals surface area contributed by atoms with Gasteiger partial charge in [0.2, 0.25) is 5.91 Å². The molecule has 2 heterocycles. The van der Waals surface area contributed by atoms with Crippen molar-refractivity contribution in [1.29, 1.82) is 0 Å². The highest BCUT2D eigenvalue weighted by atomic mass is 32.1. The second-order valence-electron chi connectivity index (χ2n) is 7.81. The Morgan fingerprint density at radius 1 is 1.33 bits per heavy atom. The zero-order valence-electron chi connectivity index (χ0n) is 17.7. The summed E-state index contributed by atoms with van der Waals surface area (Å²) in [7, 11) is 1.57. The van der Waals surface area contributed by atoms with Gasteiger partial charge >= 0.3 is 0 Å². The summed E-state index contributed by atoms with van der Waals surface area (Å²) in [5, 5.41) is 5.24. The van der Waals surface area contributed by atoms with E-state index in [-0.39, 0.29) is 17.7 Å². The summed E-state index contributed by atoms with van der Waals surface area (Å²) in [6.45, 7) is 5.92. The van der Waals surface area contributed by atoms with E-state index in [1.165, 1.54) is 11.3 Å². The van der Waals surface area contributed by atoms with Crippen LogP contribution in [0.5, 0.6) is 11.5 Å². The van der Waals surface area contributed by atoms with Gasteiger partial charge in [0.05, 0.1) is 19.6 Å². The zero-order chi connectivity index (χ0) is 21.5. The van der Waals surface area contributed by atoms with Gasteiger partial charge in [-0.15, -0.1) is 11.3 Å². The largest absolute Gasteiger partial charge is 0.493 e. The van der Waals surface area contributed by atoms with Crippen LogP contribution in [0.1, 0.15) is 43.5 Å². The van der Waals surface area contributed by atoms with Crippen molar-refractivity contribution in [3.05, 3.63) is 35.3 Å². The molecule has 7 nitrogen and oxygen atoms in total. The van der Waals surface area contributed by atoms with Gasteiger partial charge in [-0.2, -0.15) is 0 Å². The fraction of sp³-hybridized carbons (Fsp3) is 0.500. The number of rotatable bonds is 8. The second kappa shape index (κ2) is 10.4. The lowest BCUT2D eigenvalue weighted by Gasteiger charge is -2.32. The molecule has 1 atom stereocenters.